The number of carbonyl (C=O) groups excluding carboxylic acids is 1. The Balaban J connectivity index is 1.54. The third kappa shape index (κ3) is 4.64. The third-order valence-corrected chi connectivity index (χ3v) is 4.20. The van der Waals surface area contributed by atoms with Gasteiger partial charge >= 0.3 is 0 Å². The quantitative estimate of drug-likeness (QED) is 0.794. The summed E-state index contributed by atoms with van der Waals surface area (Å²) in [7, 11) is 1.61. The molecule has 1 aliphatic heterocycles. The minimum atomic E-state index is -0.250. The zero-order chi connectivity index (χ0) is 17.6. The Kier molecular flexibility index (Phi) is 5.78. The minimum absolute atomic E-state index is 0.0574. The Morgan fingerprint density at radius 2 is 1.96 bits per heavy atom. The van der Waals surface area contributed by atoms with E-state index in [9.17, 15) is 4.79 Å². The van der Waals surface area contributed by atoms with Gasteiger partial charge in [-0.1, -0.05) is 12.1 Å². The van der Waals surface area contributed by atoms with E-state index in [1.54, 1.807) is 19.2 Å². The lowest BCUT2D eigenvalue weighted by atomic mass is 10.2. The largest absolute Gasteiger partial charge is 0.497 e. The van der Waals surface area contributed by atoms with Crippen LogP contribution in [0.5, 0.6) is 17.2 Å². The maximum absolute atomic E-state index is 12.1. The van der Waals surface area contributed by atoms with Crippen LogP contribution in [-0.4, -0.2) is 32.8 Å². The van der Waals surface area contributed by atoms with Crippen LogP contribution < -0.4 is 19.5 Å². The zero-order valence-electron chi connectivity index (χ0n) is 13.7. The summed E-state index contributed by atoms with van der Waals surface area (Å²) >= 11 is 3.42. The van der Waals surface area contributed by atoms with E-state index in [0.29, 0.717) is 37.0 Å². The average molecular weight is 408 g/mol. The second-order valence-electron chi connectivity index (χ2n) is 5.37. The second-order valence-corrected chi connectivity index (χ2v) is 6.22. The number of anilines is 1. The highest BCUT2D eigenvalue weighted by atomic mass is 79.9. The first kappa shape index (κ1) is 17.6. The van der Waals surface area contributed by atoms with E-state index in [0.717, 1.165) is 15.8 Å². The van der Waals surface area contributed by atoms with E-state index in [1.807, 2.05) is 24.3 Å². The van der Waals surface area contributed by atoms with Crippen molar-refractivity contribution in [3.05, 3.63) is 46.4 Å². The number of halogens is 1. The fourth-order valence-electron chi connectivity index (χ4n) is 2.37. The molecule has 1 N–H and O–H groups in total. The molecule has 3 rings (SSSR count). The monoisotopic (exact) mass is 407 g/mol. The van der Waals surface area contributed by atoms with E-state index in [4.69, 9.17) is 18.9 Å². The smallest absolute Gasteiger partial charge is 0.250 e. The molecule has 132 valence electrons. The predicted molar refractivity (Wildman–Crippen MR) is 96.4 cm³/mol. The molecule has 6 nitrogen and oxygen atoms in total. The van der Waals surface area contributed by atoms with Crippen molar-refractivity contribution in [2.45, 2.75) is 6.61 Å². The molecule has 2 aromatic rings. The maximum atomic E-state index is 12.1. The van der Waals surface area contributed by atoms with Gasteiger partial charge in [0.05, 0.1) is 19.4 Å². The van der Waals surface area contributed by atoms with Crippen molar-refractivity contribution >= 4 is 27.5 Å². The van der Waals surface area contributed by atoms with Gasteiger partial charge in [-0.05, 0) is 33.6 Å². The van der Waals surface area contributed by atoms with Crippen LogP contribution >= 0.6 is 15.9 Å². The summed E-state index contributed by atoms with van der Waals surface area (Å²) in [6, 6.07) is 11.0. The first-order chi connectivity index (χ1) is 12.2. The van der Waals surface area contributed by atoms with Crippen molar-refractivity contribution in [1.29, 1.82) is 0 Å². The van der Waals surface area contributed by atoms with Gasteiger partial charge in [0.25, 0.3) is 0 Å². The summed E-state index contributed by atoms with van der Waals surface area (Å²) in [5, 5.41) is 2.80. The Bertz CT molecular complexity index is 765. The number of nitrogens with one attached hydrogen (secondary N) is 1. The van der Waals surface area contributed by atoms with Gasteiger partial charge in [-0.3, -0.25) is 4.79 Å². The molecule has 0 radical (unpaired) electrons. The summed E-state index contributed by atoms with van der Waals surface area (Å²) in [4.78, 5) is 12.1. The molecule has 0 atom stereocenters. The Hall–Kier alpha value is -2.25. The van der Waals surface area contributed by atoms with Gasteiger partial charge < -0.3 is 24.3 Å². The van der Waals surface area contributed by atoms with Gasteiger partial charge in [0.15, 0.2) is 11.5 Å². The zero-order valence-corrected chi connectivity index (χ0v) is 15.3. The standard InChI is InChI=1S/C18H18BrNO5/c1-22-13-4-2-3-12(7-13)10-23-11-18(21)20-15-9-17-16(8-14(15)19)24-5-6-25-17/h2-4,7-9H,5-6,10-11H2,1H3,(H,20,21). The molecule has 0 bridgehead atoms. The van der Waals surface area contributed by atoms with Gasteiger partial charge in [0.1, 0.15) is 25.6 Å². The highest BCUT2D eigenvalue weighted by molar-refractivity contribution is 9.10. The van der Waals surface area contributed by atoms with Crippen LogP contribution in [0, 0.1) is 0 Å². The van der Waals surface area contributed by atoms with Gasteiger partial charge in [0.2, 0.25) is 5.91 Å². The molecule has 2 aromatic carbocycles. The van der Waals surface area contributed by atoms with Gasteiger partial charge in [-0.2, -0.15) is 0 Å². The van der Waals surface area contributed by atoms with Crippen LogP contribution in [-0.2, 0) is 16.1 Å². The van der Waals surface area contributed by atoms with Crippen LogP contribution in [0.3, 0.4) is 0 Å². The van der Waals surface area contributed by atoms with E-state index in [-0.39, 0.29) is 12.5 Å². The van der Waals surface area contributed by atoms with Crippen molar-refractivity contribution in [2.75, 3.05) is 32.2 Å². The molecule has 1 amide bonds. The molecule has 1 heterocycles. The number of methoxy groups -OCH3 is 1. The van der Waals surface area contributed by atoms with Crippen molar-refractivity contribution < 1.29 is 23.7 Å². The predicted octanol–water partition coefficient (Wildman–Crippen LogP) is 3.38. The van der Waals surface area contributed by atoms with Crippen LogP contribution in [0.25, 0.3) is 0 Å². The van der Waals surface area contributed by atoms with Crippen molar-refractivity contribution in [3.63, 3.8) is 0 Å². The fourth-order valence-corrected chi connectivity index (χ4v) is 2.79. The number of ether oxygens (including phenoxy) is 4. The van der Waals surface area contributed by atoms with Crippen LogP contribution in [0.1, 0.15) is 5.56 Å². The summed E-state index contributed by atoms with van der Waals surface area (Å²) in [6.07, 6.45) is 0. The number of amides is 1. The molecule has 0 aliphatic carbocycles. The molecule has 0 unspecified atom stereocenters. The molecule has 0 fully saturated rings. The molecule has 7 heteroatoms. The van der Waals surface area contributed by atoms with Crippen molar-refractivity contribution in [3.8, 4) is 17.2 Å². The third-order valence-electron chi connectivity index (χ3n) is 3.54. The van der Waals surface area contributed by atoms with E-state index < -0.39 is 0 Å². The topological polar surface area (TPSA) is 66.0 Å². The minimum Gasteiger partial charge on any atom is -0.497 e. The van der Waals surface area contributed by atoms with Gasteiger partial charge in [-0.25, -0.2) is 0 Å². The lowest BCUT2D eigenvalue weighted by Gasteiger charge is -2.20. The second kappa shape index (κ2) is 8.22. The normalized spacial score (nSPS) is 12.6. The highest BCUT2D eigenvalue weighted by Crippen LogP contribution is 2.38. The molecule has 0 spiro atoms. The summed E-state index contributed by atoms with van der Waals surface area (Å²) in [5.74, 6) is 1.78. The number of hydrogen-bond acceptors (Lipinski definition) is 5. The Labute approximate surface area is 154 Å². The van der Waals surface area contributed by atoms with E-state index >= 15 is 0 Å². The van der Waals surface area contributed by atoms with Crippen LogP contribution in [0.15, 0.2) is 40.9 Å². The molecular formula is C18H18BrNO5. The van der Waals surface area contributed by atoms with Crippen LogP contribution in [0.4, 0.5) is 5.69 Å². The first-order valence-electron chi connectivity index (χ1n) is 7.75. The first-order valence-corrected chi connectivity index (χ1v) is 8.54. The lowest BCUT2D eigenvalue weighted by Crippen LogP contribution is -2.19. The van der Waals surface area contributed by atoms with Gasteiger partial charge in [-0.15, -0.1) is 0 Å². The average Bonchev–Trinajstić information content (AvgIpc) is 2.62. The number of hydrogen-bond donors (Lipinski definition) is 1. The molecule has 25 heavy (non-hydrogen) atoms. The Morgan fingerprint density at radius 1 is 1.20 bits per heavy atom. The van der Waals surface area contributed by atoms with Crippen molar-refractivity contribution in [1.82, 2.24) is 0 Å². The Morgan fingerprint density at radius 3 is 2.72 bits per heavy atom. The van der Waals surface area contributed by atoms with Gasteiger partial charge in [0, 0.05) is 16.6 Å². The molecule has 0 saturated carbocycles. The lowest BCUT2D eigenvalue weighted by molar-refractivity contribution is -0.121. The maximum Gasteiger partial charge on any atom is 0.250 e. The summed E-state index contributed by atoms with van der Waals surface area (Å²) in [5.41, 5.74) is 1.55. The van der Waals surface area contributed by atoms with Crippen molar-refractivity contribution in [2.24, 2.45) is 0 Å². The molecule has 1 aliphatic rings. The van der Waals surface area contributed by atoms with Crippen LogP contribution in [0.2, 0.25) is 0 Å². The summed E-state index contributed by atoms with van der Waals surface area (Å²) in [6.45, 7) is 1.28. The van der Waals surface area contributed by atoms with E-state index in [1.165, 1.54) is 0 Å². The number of rotatable bonds is 6. The van der Waals surface area contributed by atoms with E-state index in [2.05, 4.69) is 21.2 Å². The number of fused-ring (bicyclic) bond motifs is 1. The molecular weight excluding hydrogens is 390 g/mol. The SMILES string of the molecule is COc1cccc(COCC(=O)Nc2cc3c(cc2Br)OCCO3)c1. The molecule has 0 saturated heterocycles. The number of carbonyl (C=O) groups is 1. The highest BCUT2D eigenvalue weighted by Gasteiger charge is 2.16. The molecule has 0 aromatic heterocycles. The number of benzene rings is 2. The fraction of sp³-hybridized carbons (Fsp3) is 0.278. The summed E-state index contributed by atoms with van der Waals surface area (Å²) < 4.78 is 22.4.